The van der Waals surface area contributed by atoms with Crippen molar-refractivity contribution < 1.29 is 9.53 Å². The lowest BCUT2D eigenvalue weighted by atomic mass is 10.3. The summed E-state index contributed by atoms with van der Waals surface area (Å²) in [5, 5.41) is 0.501. The molecule has 0 bridgehead atoms. The number of nitrogens with zero attached hydrogens (tertiary/aromatic N) is 2. The maximum absolute atomic E-state index is 12.3. The number of amides is 1. The molecule has 1 fully saturated rings. The summed E-state index contributed by atoms with van der Waals surface area (Å²) in [6, 6.07) is 11.9. The molecule has 126 valence electrons. The Morgan fingerprint density at radius 1 is 1.33 bits per heavy atom. The smallest absolute Gasteiger partial charge is 0.223 e. The summed E-state index contributed by atoms with van der Waals surface area (Å²) in [7, 11) is 0. The highest BCUT2D eigenvalue weighted by atomic mass is 35.5. The Morgan fingerprint density at radius 3 is 2.96 bits per heavy atom. The number of pyridine rings is 1. The topological polar surface area (TPSA) is 42.4 Å². The molecule has 2 aromatic rings. The highest BCUT2D eigenvalue weighted by molar-refractivity contribution is 7.99. The van der Waals surface area contributed by atoms with E-state index in [0.717, 1.165) is 18.7 Å². The number of carbonyl (C=O) groups is 1. The Hall–Kier alpha value is -1.72. The van der Waals surface area contributed by atoms with Gasteiger partial charge in [0.15, 0.2) is 0 Å². The van der Waals surface area contributed by atoms with E-state index in [1.807, 2.05) is 23.1 Å². The van der Waals surface area contributed by atoms with Crippen molar-refractivity contribution in [2.45, 2.75) is 23.8 Å². The molecule has 3 rings (SSSR count). The monoisotopic (exact) mass is 362 g/mol. The average Bonchev–Trinajstić information content (AvgIpc) is 3.07. The molecule has 0 aliphatic carbocycles. The van der Waals surface area contributed by atoms with Crippen molar-refractivity contribution >= 4 is 29.3 Å². The van der Waals surface area contributed by atoms with Gasteiger partial charge in [-0.3, -0.25) is 9.78 Å². The van der Waals surface area contributed by atoms with Crippen LogP contribution >= 0.6 is 23.4 Å². The van der Waals surface area contributed by atoms with E-state index in [0.29, 0.717) is 23.7 Å². The third kappa shape index (κ3) is 4.65. The van der Waals surface area contributed by atoms with Crippen LogP contribution in [0.25, 0.3) is 0 Å². The Morgan fingerprint density at radius 2 is 2.17 bits per heavy atom. The van der Waals surface area contributed by atoms with E-state index in [2.05, 4.69) is 17.1 Å². The summed E-state index contributed by atoms with van der Waals surface area (Å²) in [5.41, 5.74) is 0. The number of aromatic nitrogens is 1. The molecule has 1 aromatic heterocycles. The maximum Gasteiger partial charge on any atom is 0.223 e. The van der Waals surface area contributed by atoms with Crippen LogP contribution in [0.15, 0.2) is 53.7 Å². The van der Waals surface area contributed by atoms with Gasteiger partial charge in [-0.2, -0.15) is 0 Å². The summed E-state index contributed by atoms with van der Waals surface area (Å²) in [4.78, 5) is 19.3. The summed E-state index contributed by atoms with van der Waals surface area (Å²) >= 11 is 7.77. The normalized spacial score (nSPS) is 17.0. The first-order valence-corrected chi connectivity index (χ1v) is 9.30. The van der Waals surface area contributed by atoms with Gasteiger partial charge in [-0.25, -0.2) is 0 Å². The quantitative estimate of drug-likeness (QED) is 0.731. The van der Waals surface area contributed by atoms with Crippen molar-refractivity contribution in [3.8, 4) is 5.75 Å². The van der Waals surface area contributed by atoms with Gasteiger partial charge in [0.1, 0.15) is 16.9 Å². The van der Waals surface area contributed by atoms with Gasteiger partial charge >= 0.3 is 0 Å². The second-order valence-electron chi connectivity index (χ2n) is 5.59. The molecule has 0 radical (unpaired) electrons. The van der Waals surface area contributed by atoms with E-state index in [1.165, 1.54) is 4.90 Å². The molecule has 0 spiro atoms. The second kappa shape index (κ2) is 8.40. The third-order valence-corrected chi connectivity index (χ3v) is 5.15. The number of rotatable bonds is 6. The molecule has 4 nitrogen and oxygen atoms in total. The van der Waals surface area contributed by atoms with Crippen LogP contribution in [0.4, 0.5) is 0 Å². The minimum absolute atomic E-state index is 0.00405. The molecule has 1 amide bonds. The Balaban J connectivity index is 1.43. The van der Waals surface area contributed by atoms with Gasteiger partial charge < -0.3 is 9.64 Å². The van der Waals surface area contributed by atoms with Crippen LogP contribution < -0.4 is 4.74 Å². The standard InChI is InChI=1S/C18H19ClN2O2S/c19-16-12-20-9-6-17(16)23-14-7-10-21(13-14)18(22)8-11-24-15-4-2-1-3-5-15/h1-6,9,12,14H,7-8,10-11,13H2. The third-order valence-electron chi connectivity index (χ3n) is 3.85. The van der Waals surface area contributed by atoms with Crippen LogP contribution in [0.3, 0.4) is 0 Å². The van der Waals surface area contributed by atoms with Gasteiger partial charge in [-0.15, -0.1) is 11.8 Å². The zero-order valence-electron chi connectivity index (χ0n) is 13.2. The molecule has 1 aliphatic rings. The number of halogens is 1. The van der Waals surface area contributed by atoms with E-state index in [4.69, 9.17) is 16.3 Å². The second-order valence-corrected chi connectivity index (χ2v) is 7.16. The van der Waals surface area contributed by atoms with E-state index in [-0.39, 0.29) is 12.0 Å². The summed E-state index contributed by atoms with van der Waals surface area (Å²) in [5.74, 6) is 1.61. The van der Waals surface area contributed by atoms with Crippen LogP contribution in [-0.2, 0) is 4.79 Å². The number of carbonyl (C=O) groups excluding carboxylic acids is 1. The molecule has 1 unspecified atom stereocenters. The van der Waals surface area contributed by atoms with Gasteiger partial charge in [0.25, 0.3) is 0 Å². The van der Waals surface area contributed by atoms with Gasteiger partial charge in [-0.1, -0.05) is 29.8 Å². The fraction of sp³-hybridized carbons (Fsp3) is 0.333. The van der Waals surface area contributed by atoms with Gasteiger partial charge in [0.2, 0.25) is 5.91 Å². The predicted molar refractivity (Wildman–Crippen MR) is 96.6 cm³/mol. The summed E-state index contributed by atoms with van der Waals surface area (Å²) in [6.07, 6.45) is 4.59. The molecule has 24 heavy (non-hydrogen) atoms. The molecule has 0 N–H and O–H groups in total. The lowest BCUT2D eigenvalue weighted by molar-refractivity contribution is -0.129. The first-order valence-electron chi connectivity index (χ1n) is 7.94. The molecular weight excluding hydrogens is 344 g/mol. The first kappa shape index (κ1) is 17.1. The number of benzene rings is 1. The SMILES string of the molecule is O=C(CCSc1ccccc1)N1CCC(Oc2ccncc2Cl)C1. The number of likely N-dealkylation sites (tertiary alicyclic amines) is 1. The zero-order valence-corrected chi connectivity index (χ0v) is 14.8. The number of hydrogen-bond donors (Lipinski definition) is 0. The lowest BCUT2D eigenvalue weighted by Gasteiger charge is -2.17. The lowest BCUT2D eigenvalue weighted by Crippen LogP contribution is -2.31. The minimum Gasteiger partial charge on any atom is -0.487 e. The van der Waals surface area contributed by atoms with E-state index in [1.54, 1.807) is 30.2 Å². The molecule has 1 saturated heterocycles. The summed E-state index contributed by atoms with van der Waals surface area (Å²) in [6.45, 7) is 1.36. The molecule has 2 heterocycles. The molecule has 0 saturated carbocycles. The molecule has 1 atom stereocenters. The van der Waals surface area contributed by atoms with E-state index in [9.17, 15) is 4.79 Å². The van der Waals surface area contributed by atoms with Crippen molar-refractivity contribution in [2.75, 3.05) is 18.8 Å². The van der Waals surface area contributed by atoms with E-state index < -0.39 is 0 Å². The first-order chi connectivity index (χ1) is 11.7. The Labute approximate surface area is 151 Å². The highest BCUT2D eigenvalue weighted by Gasteiger charge is 2.27. The fourth-order valence-electron chi connectivity index (χ4n) is 2.62. The Kier molecular flexibility index (Phi) is 5.99. The highest BCUT2D eigenvalue weighted by Crippen LogP contribution is 2.26. The fourth-order valence-corrected chi connectivity index (χ4v) is 3.65. The summed E-state index contributed by atoms with van der Waals surface area (Å²) < 4.78 is 5.89. The largest absolute Gasteiger partial charge is 0.487 e. The predicted octanol–water partition coefficient (Wildman–Crippen LogP) is 3.90. The number of ether oxygens (including phenoxy) is 1. The average molecular weight is 363 g/mol. The van der Waals surface area contributed by atoms with Crippen molar-refractivity contribution in [3.63, 3.8) is 0 Å². The van der Waals surface area contributed by atoms with Gasteiger partial charge in [-0.05, 0) is 12.1 Å². The maximum atomic E-state index is 12.3. The van der Waals surface area contributed by atoms with Crippen LogP contribution in [0.5, 0.6) is 5.75 Å². The van der Waals surface area contributed by atoms with Crippen molar-refractivity contribution in [3.05, 3.63) is 53.8 Å². The van der Waals surface area contributed by atoms with Crippen molar-refractivity contribution in [1.29, 1.82) is 0 Å². The van der Waals surface area contributed by atoms with Gasteiger partial charge in [0, 0.05) is 48.5 Å². The molecule has 1 aromatic carbocycles. The van der Waals surface area contributed by atoms with Gasteiger partial charge in [0.05, 0.1) is 6.54 Å². The van der Waals surface area contributed by atoms with Crippen LogP contribution in [0.2, 0.25) is 5.02 Å². The van der Waals surface area contributed by atoms with Crippen molar-refractivity contribution in [1.82, 2.24) is 9.88 Å². The van der Waals surface area contributed by atoms with Crippen LogP contribution in [-0.4, -0.2) is 40.7 Å². The molecule has 6 heteroatoms. The van der Waals surface area contributed by atoms with Crippen LogP contribution in [0, 0.1) is 0 Å². The van der Waals surface area contributed by atoms with Crippen LogP contribution in [0.1, 0.15) is 12.8 Å². The number of thioether (sulfide) groups is 1. The zero-order chi connectivity index (χ0) is 16.8. The van der Waals surface area contributed by atoms with E-state index >= 15 is 0 Å². The Bertz CT molecular complexity index is 684. The van der Waals surface area contributed by atoms with Crippen molar-refractivity contribution in [2.24, 2.45) is 0 Å². The molecule has 1 aliphatic heterocycles. The minimum atomic E-state index is -0.00405. The number of hydrogen-bond acceptors (Lipinski definition) is 4. The molecular formula is C18H19ClN2O2S.